The first-order chi connectivity index (χ1) is 17.1. The van der Waals surface area contributed by atoms with Gasteiger partial charge in [0.15, 0.2) is 0 Å². The van der Waals surface area contributed by atoms with E-state index in [4.69, 9.17) is 0 Å². The van der Waals surface area contributed by atoms with E-state index in [1.165, 1.54) is 31.2 Å². The van der Waals surface area contributed by atoms with Crippen molar-refractivity contribution in [2.45, 2.75) is 89.3 Å². The fraction of sp³-hybridized carbons (Fsp3) is 0.724. The topological polar surface area (TPSA) is 64.7 Å². The molecule has 3 fully saturated rings. The first-order valence-electron chi connectivity index (χ1n) is 14.1. The number of hydrogen-bond acceptors (Lipinski definition) is 4. The van der Waals surface area contributed by atoms with Crippen molar-refractivity contribution in [3.63, 3.8) is 0 Å². The number of likely N-dealkylation sites (tertiary alicyclic amines) is 2. The summed E-state index contributed by atoms with van der Waals surface area (Å²) in [5.74, 6) is 0.946. The van der Waals surface area contributed by atoms with Gasteiger partial charge in [0, 0.05) is 25.7 Å². The molecule has 0 unspecified atom stereocenters. The molecule has 35 heavy (non-hydrogen) atoms. The number of rotatable bonds is 8. The van der Waals surface area contributed by atoms with Gasteiger partial charge in [0.05, 0.1) is 6.04 Å². The maximum atomic E-state index is 14.2. The van der Waals surface area contributed by atoms with Crippen LogP contribution in [0.1, 0.15) is 70.3 Å². The Hall–Kier alpha value is -1.92. The van der Waals surface area contributed by atoms with Gasteiger partial charge in [0.2, 0.25) is 11.8 Å². The lowest BCUT2D eigenvalue weighted by Crippen LogP contribution is -2.61. The van der Waals surface area contributed by atoms with Gasteiger partial charge in [-0.3, -0.25) is 9.59 Å². The number of amides is 2. The number of hydrogen-bond donors (Lipinski definition) is 2. The molecular formula is C29H46N4O2. The van der Waals surface area contributed by atoms with E-state index < -0.39 is 6.04 Å². The Morgan fingerprint density at radius 3 is 2.40 bits per heavy atom. The van der Waals surface area contributed by atoms with Crippen molar-refractivity contribution in [1.29, 1.82) is 0 Å². The molecule has 0 radical (unpaired) electrons. The molecule has 2 amide bonds. The smallest absolute Gasteiger partial charge is 0.245 e. The maximum absolute atomic E-state index is 14.2. The van der Waals surface area contributed by atoms with Crippen molar-refractivity contribution < 1.29 is 9.59 Å². The van der Waals surface area contributed by atoms with Crippen LogP contribution < -0.4 is 10.6 Å². The molecule has 1 saturated carbocycles. The third kappa shape index (κ3) is 6.85. The second-order valence-electron chi connectivity index (χ2n) is 11.1. The molecule has 2 heterocycles. The van der Waals surface area contributed by atoms with Crippen LogP contribution in [-0.2, 0) is 16.0 Å². The van der Waals surface area contributed by atoms with Gasteiger partial charge in [-0.15, -0.1) is 0 Å². The minimum Gasteiger partial charge on any atom is -0.343 e. The van der Waals surface area contributed by atoms with E-state index in [1.54, 1.807) is 7.05 Å². The Morgan fingerprint density at radius 1 is 0.971 bits per heavy atom. The molecule has 1 aliphatic carbocycles. The van der Waals surface area contributed by atoms with Crippen LogP contribution in [0.2, 0.25) is 0 Å². The summed E-state index contributed by atoms with van der Waals surface area (Å²) < 4.78 is 0. The summed E-state index contributed by atoms with van der Waals surface area (Å²) in [6, 6.07) is 10.3. The molecule has 1 aromatic carbocycles. The number of piperidine rings is 1. The highest BCUT2D eigenvalue weighted by molar-refractivity contribution is 5.90. The maximum Gasteiger partial charge on any atom is 0.245 e. The Morgan fingerprint density at radius 2 is 1.69 bits per heavy atom. The lowest BCUT2D eigenvalue weighted by molar-refractivity contribution is -0.143. The first-order valence-corrected chi connectivity index (χ1v) is 14.1. The van der Waals surface area contributed by atoms with Gasteiger partial charge in [0.1, 0.15) is 6.04 Å². The Bertz CT molecular complexity index is 810. The Balaban J connectivity index is 1.48. The summed E-state index contributed by atoms with van der Waals surface area (Å²) in [6.45, 7) is 5.81. The zero-order valence-corrected chi connectivity index (χ0v) is 21.9. The van der Waals surface area contributed by atoms with Gasteiger partial charge < -0.3 is 20.4 Å². The van der Waals surface area contributed by atoms with Crippen LogP contribution in [0.3, 0.4) is 0 Å². The largest absolute Gasteiger partial charge is 0.343 e. The van der Waals surface area contributed by atoms with Gasteiger partial charge in [-0.1, -0.05) is 49.6 Å². The highest BCUT2D eigenvalue weighted by Gasteiger charge is 2.41. The number of benzene rings is 1. The number of likely N-dealkylation sites (N-methyl/N-ethyl adjacent to an activating group) is 1. The molecule has 0 aromatic heterocycles. The fourth-order valence-corrected chi connectivity index (χ4v) is 6.50. The lowest BCUT2D eigenvalue weighted by atomic mass is 9.81. The summed E-state index contributed by atoms with van der Waals surface area (Å²) in [4.78, 5) is 31.8. The molecule has 2 saturated heterocycles. The van der Waals surface area contributed by atoms with Crippen molar-refractivity contribution in [3.05, 3.63) is 35.9 Å². The van der Waals surface area contributed by atoms with E-state index in [-0.39, 0.29) is 29.8 Å². The second-order valence-corrected chi connectivity index (χ2v) is 11.1. The van der Waals surface area contributed by atoms with Crippen LogP contribution >= 0.6 is 0 Å². The predicted octanol–water partition coefficient (Wildman–Crippen LogP) is 3.61. The zero-order valence-electron chi connectivity index (χ0n) is 21.9. The molecule has 0 bridgehead atoms. The van der Waals surface area contributed by atoms with E-state index in [1.807, 2.05) is 6.92 Å². The molecule has 194 valence electrons. The van der Waals surface area contributed by atoms with Gasteiger partial charge in [-0.2, -0.15) is 0 Å². The van der Waals surface area contributed by atoms with E-state index in [0.717, 1.165) is 64.7 Å². The van der Waals surface area contributed by atoms with E-state index in [2.05, 4.69) is 50.8 Å². The summed E-state index contributed by atoms with van der Waals surface area (Å²) >= 11 is 0. The van der Waals surface area contributed by atoms with Crippen LogP contribution in [0.25, 0.3) is 0 Å². The molecule has 6 nitrogen and oxygen atoms in total. The molecule has 1 aromatic rings. The van der Waals surface area contributed by atoms with Crippen LogP contribution in [0.15, 0.2) is 30.3 Å². The summed E-state index contributed by atoms with van der Waals surface area (Å²) in [5, 5.41) is 6.23. The highest BCUT2D eigenvalue weighted by atomic mass is 16.2. The standard InChI is InChI=1S/C29H46N4O2/c1-22(30-2)28(34)31-27(25-13-7-4-8-14-25)29(35)33-19-10-16-24-15-9-18-32(21-26(24)33)20-17-23-11-5-3-6-12-23/h3,5-6,11-12,22,24-27,30H,4,7-10,13-21H2,1-2H3,(H,31,34)/t22-,24+,26+,27-/m0/s1. The fourth-order valence-electron chi connectivity index (χ4n) is 6.50. The predicted molar refractivity (Wildman–Crippen MR) is 141 cm³/mol. The number of nitrogens with one attached hydrogen (secondary N) is 2. The highest BCUT2D eigenvalue weighted by Crippen LogP contribution is 2.33. The summed E-state index contributed by atoms with van der Waals surface area (Å²) in [7, 11) is 1.80. The summed E-state index contributed by atoms with van der Waals surface area (Å²) in [5.41, 5.74) is 1.38. The quantitative estimate of drug-likeness (QED) is 0.594. The number of fused-ring (bicyclic) bond motifs is 1. The molecule has 2 aliphatic heterocycles. The molecule has 4 atom stereocenters. The van der Waals surface area contributed by atoms with Gasteiger partial charge in [-0.05, 0) is 82.9 Å². The second kappa shape index (κ2) is 12.9. The lowest BCUT2D eigenvalue weighted by Gasteiger charge is -2.44. The van der Waals surface area contributed by atoms with Crippen molar-refractivity contribution in [2.24, 2.45) is 11.8 Å². The van der Waals surface area contributed by atoms with Crippen molar-refractivity contribution >= 4 is 11.8 Å². The number of carbonyl (C=O) groups is 2. The molecule has 0 spiro atoms. The van der Waals surface area contributed by atoms with Crippen molar-refractivity contribution in [1.82, 2.24) is 20.4 Å². The molecule has 2 N–H and O–H groups in total. The summed E-state index contributed by atoms with van der Waals surface area (Å²) in [6.07, 6.45) is 11.4. The monoisotopic (exact) mass is 482 g/mol. The number of nitrogens with zero attached hydrogens (tertiary/aromatic N) is 2. The van der Waals surface area contributed by atoms with E-state index in [0.29, 0.717) is 5.92 Å². The average molecular weight is 483 g/mol. The Kier molecular flexibility index (Phi) is 9.61. The zero-order chi connectivity index (χ0) is 24.6. The van der Waals surface area contributed by atoms with Crippen LogP contribution in [-0.4, -0.2) is 73.0 Å². The molecule has 3 aliphatic rings. The van der Waals surface area contributed by atoms with E-state index in [9.17, 15) is 9.59 Å². The molecule has 4 rings (SSSR count). The number of carbonyl (C=O) groups excluding carboxylic acids is 2. The van der Waals surface area contributed by atoms with Crippen molar-refractivity contribution in [3.8, 4) is 0 Å². The minimum atomic E-state index is -0.390. The third-order valence-electron chi connectivity index (χ3n) is 8.77. The Labute approximate surface area is 212 Å². The minimum absolute atomic E-state index is 0.0599. The normalized spacial score (nSPS) is 25.8. The first kappa shape index (κ1) is 26.2. The van der Waals surface area contributed by atoms with Gasteiger partial charge in [0.25, 0.3) is 0 Å². The van der Waals surface area contributed by atoms with Gasteiger partial charge >= 0.3 is 0 Å². The van der Waals surface area contributed by atoms with Crippen LogP contribution in [0, 0.1) is 11.8 Å². The average Bonchev–Trinajstić information content (AvgIpc) is 3.12. The van der Waals surface area contributed by atoms with Crippen LogP contribution in [0.4, 0.5) is 0 Å². The van der Waals surface area contributed by atoms with Crippen molar-refractivity contribution in [2.75, 3.05) is 33.2 Å². The third-order valence-corrected chi connectivity index (χ3v) is 8.77. The van der Waals surface area contributed by atoms with Crippen LogP contribution in [0.5, 0.6) is 0 Å². The molecule has 6 heteroatoms. The van der Waals surface area contributed by atoms with E-state index >= 15 is 0 Å². The van der Waals surface area contributed by atoms with Gasteiger partial charge in [-0.25, -0.2) is 0 Å². The molecular weight excluding hydrogens is 436 g/mol. The SMILES string of the molecule is CN[C@@H](C)C(=O)N[C@H](C(=O)N1CCC[C@H]2CCCN(CCc3ccccc3)C[C@H]21)C1CCCCC1.